The largest absolute Gasteiger partial charge is 0.469 e. The van der Waals surface area contributed by atoms with Crippen LogP contribution < -0.4 is 0 Å². The quantitative estimate of drug-likeness (QED) is 0.496. The Balaban J connectivity index is 2.53. The molecule has 0 N–H and O–H groups in total. The molecular weight excluding hydrogens is 116 g/mol. The summed E-state index contributed by atoms with van der Waals surface area (Å²) in [6.07, 6.45) is 0.986. The maximum absolute atomic E-state index is 10.9. The molecule has 1 fully saturated rings. The smallest absolute Gasteiger partial charge is 0.311 e. The molecule has 0 aromatic heterocycles. The topological polar surface area (TPSA) is 26.3 Å². The number of carbonyl (C=O) groups excluding carboxylic acids is 1. The summed E-state index contributed by atoms with van der Waals surface area (Å²) in [5.74, 6) is 0.458. The van der Waals surface area contributed by atoms with E-state index in [1.54, 1.807) is 0 Å². The summed E-state index contributed by atoms with van der Waals surface area (Å²) in [4.78, 5) is 10.9. The Morgan fingerprint density at radius 3 is 2.33 bits per heavy atom. The summed E-state index contributed by atoms with van der Waals surface area (Å²) in [6.45, 7) is 4.01. The predicted octanol–water partition coefficient (Wildman–Crippen LogP) is 1.21. The zero-order valence-corrected chi connectivity index (χ0v) is 6.10. The SMILES string of the molecule is COC(=O)C1(C)CC1C. The van der Waals surface area contributed by atoms with Gasteiger partial charge in [-0.25, -0.2) is 0 Å². The molecule has 0 aromatic rings. The second-order valence-electron chi connectivity index (χ2n) is 3.01. The number of methoxy groups -OCH3 is 1. The van der Waals surface area contributed by atoms with E-state index in [0.717, 1.165) is 6.42 Å². The molecule has 0 amide bonds. The van der Waals surface area contributed by atoms with Crippen LogP contribution in [0.15, 0.2) is 0 Å². The summed E-state index contributed by atoms with van der Waals surface area (Å²) in [6, 6.07) is 0. The van der Waals surface area contributed by atoms with Gasteiger partial charge in [-0.15, -0.1) is 0 Å². The molecule has 0 bridgehead atoms. The van der Waals surface area contributed by atoms with Gasteiger partial charge in [-0.2, -0.15) is 0 Å². The summed E-state index contributed by atoms with van der Waals surface area (Å²) in [5.41, 5.74) is -0.144. The minimum atomic E-state index is -0.144. The van der Waals surface area contributed by atoms with Gasteiger partial charge in [-0.3, -0.25) is 4.79 Å². The fourth-order valence-corrected chi connectivity index (χ4v) is 1.09. The first-order valence-corrected chi connectivity index (χ1v) is 3.19. The highest BCUT2D eigenvalue weighted by Crippen LogP contribution is 2.52. The van der Waals surface area contributed by atoms with Crippen LogP contribution in [0.25, 0.3) is 0 Å². The highest BCUT2D eigenvalue weighted by molar-refractivity contribution is 5.79. The predicted molar refractivity (Wildman–Crippen MR) is 33.9 cm³/mol. The van der Waals surface area contributed by atoms with E-state index in [0.29, 0.717) is 5.92 Å². The molecule has 2 atom stereocenters. The monoisotopic (exact) mass is 128 g/mol. The first-order valence-electron chi connectivity index (χ1n) is 3.19. The lowest BCUT2D eigenvalue weighted by Gasteiger charge is -2.04. The molecule has 0 aromatic carbocycles. The van der Waals surface area contributed by atoms with Crippen molar-refractivity contribution in [1.29, 1.82) is 0 Å². The van der Waals surface area contributed by atoms with Crippen LogP contribution in [-0.2, 0) is 9.53 Å². The lowest BCUT2D eigenvalue weighted by atomic mass is 10.1. The first kappa shape index (κ1) is 6.59. The van der Waals surface area contributed by atoms with Crippen LogP contribution in [0.3, 0.4) is 0 Å². The van der Waals surface area contributed by atoms with Crippen LogP contribution in [0.1, 0.15) is 20.3 Å². The van der Waals surface area contributed by atoms with Gasteiger partial charge < -0.3 is 4.74 Å². The average Bonchev–Trinajstić information content (AvgIpc) is 2.41. The normalized spacial score (nSPS) is 40.1. The molecule has 0 heterocycles. The summed E-state index contributed by atoms with van der Waals surface area (Å²) in [5, 5.41) is 0. The molecule has 0 spiro atoms. The molecule has 1 aliphatic carbocycles. The van der Waals surface area contributed by atoms with Gasteiger partial charge in [-0.05, 0) is 19.3 Å². The minimum Gasteiger partial charge on any atom is -0.469 e. The van der Waals surface area contributed by atoms with E-state index >= 15 is 0 Å². The number of carbonyl (C=O) groups is 1. The number of hydrogen-bond donors (Lipinski definition) is 0. The molecule has 0 aliphatic heterocycles. The van der Waals surface area contributed by atoms with E-state index in [1.807, 2.05) is 6.92 Å². The van der Waals surface area contributed by atoms with E-state index in [9.17, 15) is 4.79 Å². The van der Waals surface area contributed by atoms with Gasteiger partial charge in [0.2, 0.25) is 0 Å². The minimum absolute atomic E-state index is 0.0602. The van der Waals surface area contributed by atoms with Gasteiger partial charge in [0.1, 0.15) is 0 Å². The maximum atomic E-state index is 10.9. The molecule has 1 rings (SSSR count). The third-order valence-corrected chi connectivity index (χ3v) is 2.31. The third-order valence-electron chi connectivity index (χ3n) is 2.31. The van der Waals surface area contributed by atoms with Gasteiger partial charge in [0.05, 0.1) is 12.5 Å². The molecule has 9 heavy (non-hydrogen) atoms. The molecule has 1 aliphatic rings. The lowest BCUT2D eigenvalue weighted by Crippen LogP contribution is -2.14. The van der Waals surface area contributed by atoms with Crippen LogP contribution >= 0.6 is 0 Å². The van der Waals surface area contributed by atoms with E-state index in [-0.39, 0.29) is 11.4 Å². The Kier molecular flexibility index (Phi) is 1.26. The maximum Gasteiger partial charge on any atom is 0.311 e. The molecule has 52 valence electrons. The van der Waals surface area contributed by atoms with Crippen LogP contribution in [0.4, 0.5) is 0 Å². The van der Waals surface area contributed by atoms with Gasteiger partial charge in [-0.1, -0.05) is 6.92 Å². The average molecular weight is 128 g/mol. The molecule has 2 heteroatoms. The summed E-state index contributed by atoms with van der Waals surface area (Å²) in [7, 11) is 1.44. The Morgan fingerprint density at radius 1 is 1.78 bits per heavy atom. The van der Waals surface area contributed by atoms with Crippen molar-refractivity contribution in [1.82, 2.24) is 0 Å². The van der Waals surface area contributed by atoms with Crippen LogP contribution in [0.5, 0.6) is 0 Å². The number of esters is 1. The summed E-state index contributed by atoms with van der Waals surface area (Å²) < 4.78 is 4.61. The van der Waals surface area contributed by atoms with E-state index in [2.05, 4.69) is 11.7 Å². The Morgan fingerprint density at radius 2 is 2.22 bits per heavy atom. The molecule has 1 saturated carbocycles. The Hall–Kier alpha value is -0.530. The molecule has 2 nitrogen and oxygen atoms in total. The Bertz CT molecular complexity index is 142. The highest BCUT2D eigenvalue weighted by Gasteiger charge is 2.54. The van der Waals surface area contributed by atoms with Crippen molar-refractivity contribution in [2.24, 2.45) is 11.3 Å². The van der Waals surface area contributed by atoms with Gasteiger partial charge in [0.15, 0.2) is 0 Å². The van der Waals surface area contributed by atoms with Crippen molar-refractivity contribution in [3.63, 3.8) is 0 Å². The number of rotatable bonds is 1. The van der Waals surface area contributed by atoms with Gasteiger partial charge >= 0.3 is 5.97 Å². The molecular formula is C7H12O2. The van der Waals surface area contributed by atoms with Crippen molar-refractivity contribution in [3.8, 4) is 0 Å². The summed E-state index contributed by atoms with van der Waals surface area (Å²) >= 11 is 0. The second-order valence-corrected chi connectivity index (χ2v) is 3.01. The van der Waals surface area contributed by atoms with Gasteiger partial charge in [0.25, 0.3) is 0 Å². The van der Waals surface area contributed by atoms with Crippen LogP contribution in [-0.4, -0.2) is 13.1 Å². The van der Waals surface area contributed by atoms with E-state index < -0.39 is 0 Å². The second kappa shape index (κ2) is 1.72. The van der Waals surface area contributed by atoms with Crippen LogP contribution in [0, 0.1) is 11.3 Å². The zero-order chi connectivity index (χ0) is 7.07. The van der Waals surface area contributed by atoms with Gasteiger partial charge in [0, 0.05) is 0 Å². The molecule has 0 saturated heterocycles. The van der Waals surface area contributed by atoms with Crippen LogP contribution in [0.2, 0.25) is 0 Å². The third kappa shape index (κ3) is 0.824. The molecule has 0 radical (unpaired) electrons. The van der Waals surface area contributed by atoms with E-state index in [1.165, 1.54) is 7.11 Å². The fraction of sp³-hybridized carbons (Fsp3) is 0.857. The van der Waals surface area contributed by atoms with Crippen molar-refractivity contribution in [2.45, 2.75) is 20.3 Å². The van der Waals surface area contributed by atoms with Crippen molar-refractivity contribution in [3.05, 3.63) is 0 Å². The lowest BCUT2D eigenvalue weighted by molar-refractivity contribution is -0.146. The standard InChI is InChI=1S/C7H12O2/c1-5-4-7(5,2)6(8)9-3/h5H,4H2,1-3H3. The fourth-order valence-electron chi connectivity index (χ4n) is 1.09. The molecule has 2 unspecified atom stereocenters. The first-order chi connectivity index (χ1) is 4.11. The highest BCUT2D eigenvalue weighted by atomic mass is 16.5. The van der Waals surface area contributed by atoms with Crippen molar-refractivity contribution in [2.75, 3.05) is 7.11 Å². The number of ether oxygens (including phenoxy) is 1. The zero-order valence-electron chi connectivity index (χ0n) is 6.10. The Labute approximate surface area is 55.2 Å². The van der Waals surface area contributed by atoms with E-state index in [4.69, 9.17) is 0 Å². The van der Waals surface area contributed by atoms with Crippen molar-refractivity contribution < 1.29 is 9.53 Å². The van der Waals surface area contributed by atoms with Crippen molar-refractivity contribution >= 4 is 5.97 Å². The number of hydrogen-bond acceptors (Lipinski definition) is 2.